The van der Waals surface area contributed by atoms with Gasteiger partial charge in [0.1, 0.15) is 0 Å². The van der Waals surface area contributed by atoms with Crippen LogP contribution < -0.4 is 0 Å². The summed E-state index contributed by atoms with van der Waals surface area (Å²) >= 11 is 0. The van der Waals surface area contributed by atoms with Gasteiger partial charge < -0.3 is 9.47 Å². The van der Waals surface area contributed by atoms with Crippen molar-refractivity contribution in [2.45, 2.75) is 19.6 Å². The molecular formula is C13H18O2. The summed E-state index contributed by atoms with van der Waals surface area (Å²) in [6.07, 6.45) is 12.4. The summed E-state index contributed by atoms with van der Waals surface area (Å²) in [6, 6.07) is 0. The third-order valence-electron chi connectivity index (χ3n) is 2.02. The number of allylic oxidation sites excluding steroid dienone is 6. The molecule has 0 spiro atoms. The Morgan fingerprint density at radius 2 is 2.07 bits per heavy atom. The van der Waals surface area contributed by atoms with Crippen molar-refractivity contribution in [3.05, 3.63) is 48.6 Å². The molecule has 15 heavy (non-hydrogen) atoms. The Kier molecular flexibility index (Phi) is 5.74. The lowest BCUT2D eigenvalue weighted by Gasteiger charge is -2.20. The molecule has 0 aromatic carbocycles. The molecule has 0 saturated carbocycles. The molecule has 1 heterocycles. The fourth-order valence-corrected chi connectivity index (χ4v) is 1.21. The van der Waals surface area contributed by atoms with Crippen molar-refractivity contribution in [1.82, 2.24) is 0 Å². The Morgan fingerprint density at radius 3 is 2.67 bits per heavy atom. The van der Waals surface area contributed by atoms with Gasteiger partial charge in [-0.05, 0) is 25.0 Å². The van der Waals surface area contributed by atoms with Crippen LogP contribution in [0.3, 0.4) is 0 Å². The molecule has 0 aromatic heterocycles. The molecule has 82 valence electrons. The first-order chi connectivity index (χ1) is 7.36. The van der Waals surface area contributed by atoms with E-state index >= 15 is 0 Å². The van der Waals surface area contributed by atoms with Gasteiger partial charge in [0.2, 0.25) is 0 Å². The van der Waals surface area contributed by atoms with Gasteiger partial charge in [-0.3, -0.25) is 0 Å². The summed E-state index contributed by atoms with van der Waals surface area (Å²) < 4.78 is 10.8. The predicted molar refractivity (Wildman–Crippen MR) is 62.5 cm³/mol. The SMILES string of the molecule is C=CC(/C=C/C1OCCCO1)=C\C=C/C. The van der Waals surface area contributed by atoms with Crippen LogP contribution in [0.1, 0.15) is 13.3 Å². The van der Waals surface area contributed by atoms with Crippen LogP contribution in [0.2, 0.25) is 0 Å². The summed E-state index contributed by atoms with van der Waals surface area (Å²) in [5.74, 6) is 0. The van der Waals surface area contributed by atoms with Crippen LogP contribution in [-0.2, 0) is 9.47 Å². The smallest absolute Gasteiger partial charge is 0.177 e. The molecule has 0 bridgehead atoms. The summed E-state index contributed by atoms with van der Waals surface area (Å²) in [6.45, 7) is 7.27. The zero-order valence-electron chi connectivity index (χ0n) is 9.19. The van der Waals surface area contributed by atoms with Crippen LogP contribution >= 0.6 is 0 Å². The minimum absolute atomic E-state index is 0.201. The van der Waals surface area contributed by atoms with E-state index in [-0.39, 0.29) is 6.29 Å². The van der Waals surface area contributed by atoms with Crippen LogP contribution in [0.15, 0.2) is 48.6 Å². The van der Waals surface area contributed by atoms with E-state index in [0.717, 1.165) is 25.2 Å². The van der Waals surface area contributed by atoms with E-state index in [1.54, 1.807) is 6.08 Å². The second-order valence-corrected chi connectivity index (χ2v) is 3.22. The Morgan fingerprint density at radius 1 is 1.33 bits per heavy atom. The van der Waals surface area contributed by atoms with Gasteiger partial charge in [0, 0.05) is 0 Å². The van der Waals surface area contributed by atoms with E-state index in [4.69, 9.17) is 9.47 Å². The molecule has 1 aliphatic rings. The second-order valence-electron chi connectivity index (χ2n) is 3.22. The minimum atomic E-state index is -0.201. The maximum atomic E-state index is 5.39. The minimum Gasteiger partial charge on any atom is -0.349 e. The van der Waals surface area contributed by atoms with Gasteiger partial charge in [0.05, 0.1) is 13.2 Å². The highest BCUT2D eigenvalue weighted by Gasteiger charge is 2.09. The van der Waals surface area contributed by atoms with Crippen molar-refractivity contribution < 1.29 is 9.47 Å². The first-order valence-corrected chi connectivity index (χ1v) is 5.23. The van der Waals surface area contributed by atoms with Crippen molar-refractivity contribution in [2.24, 2.45) is 0 Å². The van der Waals surface area contributed by atoms with E-state index in [0.29, 0.717) is 0 Å². The van der Waals surface area contributed by atoms with Crippen LogP contribution in [0.4, 0.5) is 0 Å². The van der Waals surface area contributed by atoms with Gasteiger partial charge in [-0.25, -0.2) is 0 Å². The van der Waals surface area contributed by atoms with E-state index in [1.165, 1.54) is 0 Å². The third-order valence-corrected chi connectivity index (χ3v) is 2.02. The van der Waals surface area contributed by atoms with Crippen molar-refractivity contribution in [2.75, 3.05) is 13.2 Å². The Bertz CT molecular complexity index is 268. The van der Waals surface area contributed by atoms with Crippen LogP contribution in [0.25, 0.3) is 0 Å². The highest BCUT2D eigenvalue weighted by molar-refractivity contribution is 5.32. The predicted octanol–water partition coefficient (Wildman–Crippen LogP) is 2.99. The molecule has 0 amide bonds. The lowest BCUT2D eigenvalue weighted by Crippen LogP contribution is -2.22. The van der Waals surface area contributed by atoms with E-state index < -0.39 is 0 Å². The zero-order chi connectivity index (χ0) is 10.9. The van der Waals surface area contributed by atoms with Gasteiger partial charge in [-0.1, -0.05) is 37.0 Å². The topological polar surface area (TPSA) is 18.5 Å². The molecule has 2 nitrogen and oxygen atoms in total. The lowest BCUT2D eigenvalue weighted by molar-refractivity contribution is -0.149. The van der Waals surface area contributed by atoms with E-state index in [2.05, 4.69) is 6.58 Å². The summed E-state index contributed by atoms with van der Waals surface area (Å²) in [5.41, 5.74) is 1.05. The highest BCUT2D eigenvalue weighted by atomic mass is 16.7. The number of hydrogen-bond donors (Lipinski definition) is 0. The molecule has 1 rings (SSSR count). The second kappa shape index (κ2) is 7.21. The average molecular weight is 206 g/mol. The monoisotopic (exact) mass is 206 g/mol. The van der Waals surface area contributed by atoms with Crippen molar-refractivity contribution in [3.63, 3.8) is 0 Å². The molecule has 1 saturated heterocycles. The molecule has 1 aliphatic heterocycles. The fourth-order valence-electron chi connectivity index (χ4n) is 1.21. The summed E-state index contributed by atoms with van der Waals surface area (Å²) in [4.78, 5) is 0. The lowest BCUT2D eigenvalue weighted by atomic mass is 10.2. The number of rotatable bonds is 4. The molecule has 0 N–H and O–H groups in total. The third kappa shape index (κ3) is 4.77. The summed E-state index contributed by atoms with van der Waals surface area (Å²) in [5, 5.41) is 0. The van der Waals surface area contributed by atoms with Gasteiger partial charge in [-0.15, -0.1) is 0 Å². The van der Waals surface area contributed by atoms with Gasteiger partial charge in [0.25, 0.3) is 0 Å². The Balaban J connectivity index is 2.49. The normalized spacial score (nSPS) is 20.2. The van der Waals surface area contributed by atoms with Crippen LogP contribution in [0.5, 0.6) is 0 Å². The zero-order valence-corrected chi connectivity index (χ0v) is 9.19. The Labute approximate surface area is 91.6 Å². The summed E-state index contributed by atoms with van der Waals surface area (Å²) in [7, 11) is 0. The molecule has 0 atom stereocenters. The quantitative estimate of drug-likeness (QED) is 0.658. The molecule has 0 radical (unpaired) electrons. The number of hydrogen-bond acceptors (Lipinski definition) is 2. The average Bonchev–Trinajstić information content (AvgIpc) is 2.31. The fraction of sp³-hybridized carbons (Fsp3) is 0.385. The maximum Gasteiger partial charge on any atom is 0.177 e. The molecule has 0 aliphatic carbocycles. The largest absolute Gasteiger partial charge is 0.349 e. The maximum absolute atomic E-state index is 5.39. The molecule has 1 fully saturated rings. The Hall–Kier alpha value is -1.12. The molecule has 0 unspecified atom stereocenters. The van der Waals surface area contributed by atoms with E-state index in [1.807, 2.05) is 37.3 Å². The first kappa shape index (κ1) is 12.0. The van der Waals surface area contributed by atoms with Gasteiger partial charge >= 0.3 is 0 Å². The van der Waals surface area contributed by atoms with Crippen molar-refractivity contribution in [3.8, 4) is 0 Å². The van der Waals surface area contributed by atoms with Gasteiger partial charge in [0.15, 0.2) is 6.29 Å². The first-order valence-electron chi connectivity index (χ1n) is 5.23. The van der Waals surface area contributed by atoms with E-state index in [9.17, 15) is 0 Å². The molecule has 0 aromatic rings. The van der Waals surface area contributed by atoms with Crippen molar-refractivity contribution in [1.29, 1.82) is 0 Å². The molecule has 2 heteroatoms. The van der Waals surface area contributed by atoms with Crippen molar-refractivity contribution >= 4 is 0 Å². The standard InChI is InChI=1S/C13H18O2/c1-3-5-7-12(4-2)8-9-13-14-10-6-11-15-13/h3-5,7-9,13H,2,6,10-11H2,1H3/b5-3-,9-8+,12-7+. The molecular weight excluding hydrogens is 188 g/mol. The van der Waals surface area contributed by atoms with Gasteiger partial charge in [-0.2, -0.15) is 0 Å². The highest BCUT2D eigenvalue weighted by Crippen LogP contribution is 2.08. The number of ether oxygens (including phenoxy) is 2. The van der Waals surface area contributed by atoms with Crippen LogP contribution in [-0.4, -0.2) is 19.5 Å². The van der Waals surface area contributed by atoms with Crippen LogP contribution in [0, 0.1) is 0 Å².